The Balaban J connectivity index is 1.90. The van der Waals surface area contributed by atoms with Crippen molar-refractivity contribution in [2.24, 2.45) is 5.92 Å². The fourth-order valence-corrected chi connectivity index (χ4v) is 1.58. The van der Waals surface area contributed by atoms with Crippen molar-refractivity contribution in [2.75, 3.05) is 19.6 Å². The van der Waals surface area contributed by atoms with Crippen LogP contribution in [-0.4, -0.2) is 36.8 Å². The van der Waals surface area contributed by atoms with Crippen LogP contribution < -0.4 is 10.6 Å². The highest BCUT2D eigenvalue weighted by Crippen LogP contribution is 2.25. The maximum absolute atomic E-state index is 11.1. The van der Waals surface area contributed by atoms with Crippen LogP contribution in [0.25, 0.3) is 0 Å². The van der Waals surface area contributed by atoms with Crippen LogP contribution in [0.3, 0.4) is 0 Å². The molecule has 0 saturated heterocycles. The average Bonchev–Trinajstić information content (AvgIpc) is 2.12. The molecule has 0 aliphatic heterocycles. The molecule has 0 aromatic rings. The first-order valence-corrected chi connectivity index (χ1v) is 5.37. The van der Waals surface area contributed by atoms with Crippen LogP contribution in [0.2, 0.25) is 0 Å². The van der Waals surface area contributed by atoms with Crippen molar-refractivity contribution in [3.63, 3.8) is 0 Å². The Hall–Kier alpha value is -0.610. The molecule has 4 nitrogen and oxygen atoms in total. The minimum Gasteiger partial charge on any atom is -0.393 e. The molecule has 1 rings (SSSR count). The summed E-state index contributed by atoms with van der Waals surface area (Å²) in [5.41, 5.74) is 0. The fourth-order valence-electron chi connectivity index (χ4n) is 1.58. The van der Waals surface area contributed by atoms with Crippen LogP contribution in [0, 0.1) is 5.92 Å². The van der Waals surface area contributed by atoms with Gasteiger partial charge in [0, 0.05) is 6.54 Å². The zero-order valence-electron chi connectivity index (χ0n) is 8.75. The third-order valence-electron chi connectivity index (χ3n) is 2.50. The molecular weight excluding hydrogens is 180 g/mol. The molecule has 1 saturated carbocycles. The van der Waals surface area contributed by atoms with Crippen LogP contribution in [0.5, 0.6) is 0 Å². The Kier molecular flexibility index (Phi) is 4.90. The summed E-state index contributed by atoms with van der Waals surface area (Å²) in [6, 6.07) is 0. The number of amides is 1. The molecule has 0 atom stereocenters. The second-order valence-corrected chi connectivity index (χ2v) is 3.97. The van der Waals surface area contributed by atoms with Gasteiger partial charge >= 0.3 is 0 Å². The molecule has 1 aliphatic rings. The lowest BCUT2D eigenvalue weighted by Crippen LogP contribution is -2.40. The van der Waals surface area contributed by atoms with Gasteiger partial charge in [0.25, 0.3) is 0 Å². The Morgan fingerprint density at radius 1 is 1.50 bits per heavy atom. The van der Waals surface area contributed by atoms with Crippen molar-refractivity contribution in [2.45, 2.75) is 32.3 Å². The first kappa shape index (κ1) is 11.5. The van der Waals surface area contributed by atoms with Crippen LogP contribution in [0.1, 0.15) is 26.2 Å². The number of aliphatic hydroxyl groups is 1. The number of hydrogen-bond acceptors (Lipinski definition) is 3. The van der Waals surface area contributed by atoms with E-state index in [1.807, 2.05) is 6.92 Å². The van der Waals surface area contributed by atoms with E-state index in [1.165, 1.54) is 0 Å². The SMILES string of the molecule is CCCNC(=O)CNCC1CC(O)C1. The van der Waals surface area contributed by atoms with Crippen molar-refractivity contribution < 1.29 is 9.90 Å². The third kappa shape index (κ3) is 4.07. The normalized spacial score (nSPS) is 25.6. The van der Waals surface area contributed by atoms with Gasteiger partial charge in [-0.05, 0) is 31.7 Å². The van der Waals surface area contributed by atoms with Crippen LogP contribution in [-0.2, 0) is 4.79 Å². The molecule has 0 spiro atoms. The van der Waals surface area contributed by atoms with Gasteiger partial charge in [-0.1, -0.05) is 6.92 Å². The predicted octanol–water partition coefficient (Wildman–Crippen LogP) is -0.127. The summed E-state index contributed by atoms with van der Waals surface area (Å²) in [5.74, 6) is 0.621. The van der Waals surface area contributed by atoms with Gasteiger partial charge in [-0.25, -0.2) is 0 Å². The van der Waals surface area contributed by atoms with Gasteiger partial charge in [0.05, 0.1) is 12.6 Å². The maximum Gasteiger partial charge on any atom is 0.233 e. The third-order valence-corrected chi connectivity index (χ3v) is 2.50. The standard InChI is InChI=1S/C10H20N2O2/c1-2-3-12-10(14)7-11-6-8-4-9(13)5-8/h8-9,11,13H,2-7H2,1H3,(H,12,14). The van der Waals surface area contributed by atoms with Crippen molar-refractivity contribution >= 4 is 5.91 Å². The Bertz CT molecular complexity index is 179. The largest absolute Gasteiger partial charge is 0.393 e. The summed E-state index contributed by atoms with van der Waals surface area (Å²) >= 11 is 0. The molecule has 1 fully saturated rings. The van der Waals surface area contributed by atoms with E-state index in [4.69, 9.17) is 5.11 Å². The van der Waals surface area contributed by atoms with Gasteiger partial charge in [0.1, 0.15) is 0 Å². The van der Waals surface area contributed by atoms with Gasteiger partial charge in [0.15, 0.2) is 0 Å². The minimum absolute atomic E-state index is 0.0618. The molecule has 3 N–H and O–H groups in total. The molecule has 1 aliphatic carbocycles. The van der Waals surface area contributed by atoms with Crippen LogP contribution in [0.4, 0.5) is 0 Å². The van der Waals surface area contributed by atoms with Gasteiger partial charge < -0.3 is 15.7 Å². The number of rotatable bonds is 6. The number of hydrogen-bond donors (Lipinski definition) is 3. The van der Waals surface area contributed by atoms with Crippen LogP contribution in [0.15, 0.2) is 0 Å². The van der Waals surface area contributed by atoms with Gasteiger partial charge in [-0.15, -0.1) is 0 Å². The molecule has 0 aromatic carbocycles. The number of carbonyl (C=O) groups is 1. The summed E-state index contributed by atoms with van der Waals surface area (Å²) < 4.78 is 0. The zero-order valence-corrected chi connectivity index (χ0v) is 8.75. The molecule has 0 radical (unpaired) electrons. The van der Waals surface area contributed by atoms with E-state index in [0.29, 0.717) is 12.5 Å². The van der Waals surface area contributed by atoms with E-state index in [-0.39, 0.29) is 12.0 Å². The van der Waals surface area contributed by atoms with Crippen LogP contribution >= 0.6 is 0 Å². The molecule has 0 heterocycles. The molecule has 82 valence electrons. The molecule has 0 unspecified atom stereocenters. The highest BCUT2D eigenvalue weighted by molar-refractivity contribution is 5.77. The van der Waals surface area contributed by atoms with Gasteiger partial charge in [0.2, 0.25) is 5.91 Å². The summed E-state index contributed by atoms with van der Waals surface area (Å²) in [6.45, 7) is 4.02. The highest BCUT2D eigenvalue weighted by Gasteiger charge is 2.26. The lowest BCUT2D eigenvalue weighted by molar-refractivity contribution is -0.120. The van der Waals surface area contributed by atoms with E-state index in [0.717, 1.165) is 32.4 Å². The van der Waals surface area contributed by atoms with Crippen molar-refractivity contribution in [3.05, 3.63) is 0 Å². The fraction of sp³-hybridized carbons (Fsp3) is 0.900. The Morgan fingerprint density at radius 3 is 2.79 bits per heavy atom. The molecule has 4 heteroatoms. The predicted molar refractivity (Wildman–Crippen MR) is 54.9 cm³/mol. The van der Waals surface area contributed by atoms with E-state index < -0.39 is 0 Å². The van der Waals surface area contributed by atoms with E-state index >= 15 is 0 Å². The minimum atomic E-state index is -0.101. The second kappa shape index (κ2) is 5.98. The molecule has 1 amide bonds. The van der Waals surface area contributed by atoms with Gasteiger partial charge in [-0.2, -0.15) is 0 Å². The summed E-state index contributed by atoms with van der Waals surface area (Å²) in [7, 11) is 0. The number of carbonyl (C=O) groups excluding carboxylic acids is 1. The molecule has 0 aromatic heterocycles. The molecule has 14 heavy (non-hydrogen) atoms. The van der Waals surface area contributed by atoms with Crippen molar-refractivity contribution in [1.82, 2.24) is 10.6 Å². The summed E-state index contributed by atoms with van der Waals surface area (Å²) in [4.78, 5) is 11.1. The van der Waals surface area contributed by atoms with E-state index in [1.54, 1.807) is 0 Å². The monoisotopic (exact) mass is 200 g/mol. The first-order valence-electron chi connectivity index (χ1n) is 5.37. The quantitative estimate of drug-likeness (QED) is 0.560. The van der Waals surface area contributed by atoms with Crippen molar-refractivity contribution in [3.8, 4) is 0 Å². The number of nitrogens with one attached hydrogen (secondary N) is 2. The van der Waals surface area contributed by atoms with E-state index in [9.17, 15) is 4.79 Å². The number of aliphatic hydroxyl groups excluding tert-OH is 1. The summed E-state index contributed by atoms with van der Waals surface area (Å²) in [5, 5.41) is 14.9. The average molecular weight is 200 g/mol. The second-order valence-electron chi connectivity index (χ2n) is 3.97. The lowest BCUT2D eigenvalue weighted by atomic mass is 9.82. The molecular formula is C10H20N2O2. The topological polar surface area (TPSA) is 61.4 Å². The van der Waals surface area contributed by atoms with Gasteiger partial charge in [-0.3, -0.25) is 4.79 Å². The van der Waals surface area contributed by atoms with E-state index in [2.05, 4.69) is 10.6 Å². The Morgan fingerprint density at radius 2 is 2.21 bits per heavy atom. The summed E-state index contributed by atoms with van der Waals surface area (Å²) in [6.07, 6.45) is 2.63. The smallest absolute Gasteiger partial charge is 0.233 e. The Labute approximate surface area is 85.1 Å². The lowest BCUT2D eigenvalue weighted by Gasteiger charge is -2.31. The van der Waals surface area contributed by atoms with Crippen molar-refractivity contribution in [1.29, 1.82) is 0 Å². The maximum atomic E-state index is 11.1. The first-order chi connectivity index (χ1) is 6.72. The zero-order chi connectivity index (χ0) is 10.4. The molecule has 0 bridgehead atoms. The highest BCUT2D eigenvalue weighted by atomic mass is 16.3.